The van der Waals surface area contributed by atoms with E-state index in [1.165, 1.54) is 0 Å². The van der Waals surface area contributed by atoms with E-state index in [1.807, 2.05) is 43.3 Å². The molecule has 3 N–H and O–H groups in total. The standard InChI is InChI=1S/C24H26N4O3/c1-28(2)16-17-31-22-11-7-6-10-21(22)23(29)25-19-12-14-20(15-13-19)27-24(30)26-18-8-4-3-5-9-18/h3-15H,16-17H2,1-2H3,(H,25,29)(H2,26,27,30). The van der Waals surface area contributed by atoms with Crippen LogP contribution in [0, 0.1) is 0 Å². The Hall–Kier alpha value is -3.84. The van der Waals surface area contributed by atoms with Crippen LogP contribution in [0.1, 0.15) is 10.4 Å². The van der Waals surface area contributed by atoms with E-state index in [1.54, 1.807) is 54.6 Å². The van der Waals surface area contributed by atoms with Crippen LogP contribution in [0.4, 0.5) is 21.9 Å². The number of nitrogens with zero attached hydrogens (tertiary/aromatic N) is 1. The summed E-state index contributed by atoms with van der Waals surface area (Å²) < 4.78 is 5.76. The van der Waals surface area contributed by atoms with Crippen molar-refractivity contribution in [3.05, 3.63) is 84.4 Å². The average molecular weight is 418 g/mol. The van der Waals surface area contributed by atoms with Crippen LogP contribution in [0.15, 0.2) is 78.9 Å². The lowest BCUT2D eigenvalue weighted by molar-refractivity contribution is 0.102. The van der Waals surface area contributed by atoms with Gasteiger partial charge in [-0.25, -0.2) is 4.79 Å². The van der Waals surface area contributed by atoms with Gasteiger partial charge in [-0.1, -0.05) is 30.3 Å². The molecule has 7 heteroatoms. The number of likely N-dealkylation sites (N-methyl/N-ethyl adjacent to an activating group) is 1. The average Bonchev–Trinajstić information content (AvgIpc) is 2.76. The number of nitrogens with one attached hydrogen (secondary N) is 3. The van der Waals surface area contributed by atoms with Crippen molar-refractivity contribution in [3.8, 4) is 5.75 Å². The number of benzene rings is 3. The summed E-state index contributed by atoms with van der Waals surface area (Å²) in [7, 11) is 3.93. The fourth-order valence-electron chi connectivity index (χ4n) is 2.77. The molecule has 7 nitrogen and oxygen atoms in total. The van der Waals surface area contributed by atoms with Gasteiger partial charge in [-0.2, -0.15) is 0 Å². The predicted molar refractivity (Wildman–Crippen MR) is 124 cm³/mol. The van der Waals surface area contributed by atoms with Gasteiger partial charge in [-0.05, 0) is 62.6 Å². The first-order valence-corrected chi connectivity index (χ1v) is 9.92. The van der Waals surface area contributed by atoms with Gasteiger partial charge in [-0.15, -0.1) is 0 Å². The number of carbonyl (C=O) groups excluding carboxylic acids is 2. The van der Waals surface area contributed by atoms with E-state index in [-0.39, 0.29) is 11.9 Å². The summed E-state index contributed by atoms with van der Waals surface area (Å²) in [5, 5.41) is 8.37. The van der Waals surface area contributed by atoms with E-state index in [4.69, 9.17) is 4.74 Å². The van der Waals surface area contributed by atoms with Crippen LogP contribution in [0.5, 0.6) is 5.75 Å². The number of hydrogen-bond donors (Lipinski definition) is 3. The first kappa shape index (κ1) is 21.9. The zero-order valence-electron chi connectivity index (χ0n) is 17.6. The summed E-state index contributed by atoms with van der Waals surface area (Å²) in [6, 6.07) is 22.9. The van der Waals surface area contributed by atoms with Gasteiger partial charge in [0.25, 0.3) is 5.91 Å². The Morgan fingerprint density at radius 1 is 0.742 bits per heavy atom. The van der Waals surface area contributed by atoms with Crippen molar-refractivity contribution in [2.75, 3.05) is 43.2 Å². The fraction of sp³-hybridized carbons (Fsp3) is 0.167. The maximum absolute atomic E-state index is 12.7. The summed E-state index contributed by atoms with van der Waals surface area (Å²) in [6.45, 7) is 1.24. The SMILES string of the molecule is CN(C)CCOc1ccccc1C(=O)Nc1ccc(NC(=O)Nc2ccccc2)cc1. The lowest BCUT2D eigenvalue weighted by Crippen LogP contribution is -2.21. The summed E-state index contributed by atoms with van der Waals surface area (Å²) >= 11 is 0. The van der Waals surface area contributed by atoms with Crippen LogP contribution in [0.2, 0.25) is 0 Å². The predicted octanol–water partition coefficient (Wildman–Crippen LogP) is 4.52. The van der Waals surface area contributed by atoms with Crippen LogP contribution < -0.4 is 20.7 Å². The zero-order valence-corrected chi connectivity index (χ0v) is 17.6. The normalized spacial score (nSPS) is 10.4. The number of hydrogen-bond acceptors (Lipinski definition) is 4. The third kappa shape index (κ3) is 6.87. The number of rotatable bonds is 8. The maximum atomic E-state index is 12.7. The van der Waals surface area contributed by atoms with Crippen LogP contribution in [-0.4, -0.2) is 44.1 Å². The third-order valence-corrected chi connectivity index (χ3v) is 4.36. The molecule has 31 heavy (non-hydrogen) atoms. The molecule has 160 valence electrons. The first-order valence-electron chi connectivity index (χ1n) is 9.92. The lowest BCUT2D eigenvalue weighted by atomic mass is 10.2. The Kier molecular flexibility index (Phi) is 7.61. The molecule has 0 aliphatic heterocycles. The molecule has 0 fully saturated rings. The molecule has 0 aliphatic carbocycles. The van der Waals surface area contributed by atoms with Gasteiger partial charge in [-0.3, -0.25) is 4.79 Å². The zero-order chi connectivity index (χ0) is 22.1. The van der Waals surface area contributed by atoms with Gasteiger partial charge in [0, 0.05) is 23.6 Å². The van der Waals surface area contributed by atoms with E-state index in [2.05, 4.69) is 16.0 Å². The summed E-state index contributed by atoms with van der Waals surface area (Å²) in [4.78, 5) is 26.8. The minimum Gasteiger partial charge on any atom is -0.491 e. The third-order valence-electron chi connectivity index (χ3n) is 4.36. The second-order valence-electron chi connectivity index (χ2n) is 7.12. The molecule has 3 rings (SSSR count). The van der Waals surface area contributed by atoms with Crippen LogP contribution >= 0.6 is 0 Å². The number of anilines is 3. The van der Waals surface area contributed by atoms with E-state index in [0.717, 1.165) is 6.54 Å². The smallest absolute Gasteiger partial charge is 0.323 e. The molecule has 0 aliphatic rings. The first-order chi connectivity index (χ1) is 15.0. The molecular weight excluding hydrogens is 392 g/mol. The van der Waals surface area contributed by atoms with Crippen LogP contribution in [0.25, 0.3) is 0 Å². The molecular formula is C24H26N4O3. The number of carbonyl (C=O) groups is 2. The highest BCUT2D eigenvalue weighted by Gasteiger charge is 2.12. The highest BCUT2D eigenvalue weighted by atomic mass is 16.5. The van der Waals surface area contributed by atoms with Gasteiger partial charge < -0.3 is 25.6 Å². The van der Waals surface area contributed by atoms with Crippen LogP contribution in [0.3, 0.4) is 0 Å². The van der Waals surface area contributed by atoms with Gasteiger partial charge >= 0.3 is 6.03 Å². The summed E-state index contributed by atoms with van der Waals surface area (Å²) in [6.07, 6.45) is 0. The molecule has 0 atom stereocenters. The van der Waals surface area contributed by atoms with Crippen molar-refractivity contribution in [1.82, 2.24) is 4.90 Å². The largest absolute Gasteiger partial charge is 0.491 e. The molecule has 3 amide bonds. The molecule has 0 heterocycles. The topological polar surface area (TPSA) is 82.7 Å². The number of ether oxygens (including phenoxy) is 1. The Balaban J connectivity index is 1.57. The second-order valence-corrected chi connectivity index (χ2v) is 7.12. The minimum atomic E-state index is -0.341. The van der Waals surface area contributed by atoms with Crippen molar-refractivity contribution in [2.45, 2.75) is 0 Å². The van der Waals surface area contributed by atoms with E-state index in [9.17, 15) is 9.59 Å². The molecule has 3 aromatic rings. The van der Waals surface area contributed by atoms with Gasteiger partial charge in [0.1, 0.15) is 12.4 Å². The highest BCUT2D eigenvalue weighted by Crippen LogP contribution is 2.21. The number of para-hydroxylation sites is 2. The Labute approximate surface area is 182 Å². The molecule has 0 unspecified atom stereocenters. The Bertz CT molecular complexity index is 1000. The molecule has 0 aromatic heterocycles. The second kappa shape index (κ2) is 10.8. The lowest BCUT2D eigenvalue weighted by Gasteiger charge is -2.14. The quantitative estimate of drug-likeness (QED) is 0.502. The van der Waals surface area contributed by atoms with Crippen molar-refractivity contribution in [2.24, 2.45) is 0 Å². The molecule has 0 bridgehead atoms. The molecule has 0 radical (unpaired) electrons. The monoisotopic (exact) mass is 418 g/mol. The number of urea groups is 1. The van der Waals surface area contributed by atoms with Crippen LogP contribution in [-0.2, 0) is 0 Å². The summed E-state index contributed by atoms with van der Waals surface area (Å²) in [5.74, 6) is 0.278. The highest BCUT2D eigenvalue weighted by molar-refractivity contribution is 6.06. The van der Waals surface area contributed by atoms with E-state index >= 15 is 0 Å². The van der Waals surface area contributed by atoms with E-state index < -0.39 is 0 Å². The minimum absolute atomic E-state index is 0.261. The Morgan fingerprint density at radius 3 is 1.94 bits per heavy atom. The van der Waals surface area contributed by atoms with Crippen molar-refractivity contribution < 1.29 is 14.3 Å². The van der Waals surface area contributed by atoms with Gasteiger partial charge in [0.15, 0.2) is 0 Å². The molecule has 3 aromatic carbocycles. The van der Waals surface area contributed by atoms with Crippen molar-refractivity contribution in [3.63, 3.8) is 0 Å². The van der Waals surface area contributed by atoms with Crippen molar-refractivity contribution >= 4 is 29.0 Å². The maximum Gasteiger partial charge on any atom is 0.323 e. The Morgan fingerprint density at radius 2 is 1.29 bits per heavy atom. The van der Waals surface area contributed by atoms with E-state index in [0.29, 0.717) is 35.0 Å². The molecule has 0 saturated carbocycles. The van der Waals surface area contributed by atoms with Crippen molar-refractivity contribution in [1.29, 1.82) is 0 Å². The number of amides is 3. The molecule has 0 saturated heterocycles. The van der Waals surface area contributed by atoms with Gasteiger partial charge in [0.05, 0.1) is 5.56 Å². The van der Waals surface area contributed by atoms with Gasteiger partial charge in [0.2, 0.25) is 0 Å². The molecule has 0 spiro atoms. The fourth-order valence-corrected chi connectivity index (χ4v) is 2.77. The summed E-state index contributed by atoms with van der Waals surface area (Å²) in [5.41, 5.74) is 2.39.